The van der Waals surface area contributed by atoms with Crippen LogP contribution in [0.25, 0.3) is 10.8 Å². The quantitative estimate of drug-likeness (QED) is 0.660. The highest BCUT2D eigenvalue weighted by atomic mass is 35.5. The summed E-state index contributed by atoms with van der Waals surface area (Å²) in [6, 6.07) is 13.1. The first-order chi connectivity index (χ1) is 7.66. The van der Waals surface area contributed by atoms with E-state index in [0.29, 0.717) is 5.75 Å². The van der Waals surface area contributed by atoms with E-state index in [1.807, 2.05) is 30.3 Å². The molecule has 2 aromatic carbocycles. The van der Waals surface area contributed by atoms with Gasteiger partial charge >= 0.3 is 5.97 Å². The standard InChI is InChI=1S/C13H12O3.ClH/c1-9(14)13(15)16-12-7-6-10-4-2-3-5-11(10)8-12;/h2-9,14H,1H3;1H. The van der Waals surface area contributed by atoms with E-state index in [-0.39, 0.29) is 12.4 Å². The minimum absolute atomic E-state index is 0. The lowest BCUT2D eigenvalue weighted by Crippen LogP contribution is -2.22. The summed E-state index contributed by atoms with van der Waals surface area (Å²) in [5, 5.41) is 11.1. The van der Waals surface area contributed by atoms with Gasteiger partial charge in [-0.25, -0.2) is 4.79 Å². The molecular weight excluding hydrogens is 240 g/mol. The second kappa shape index (κ2) is 5.66. The Morgan fingerprint density at radius 2 is 1.82 bits per heavy atom. The van der Waals surface area contributed by atoms with Crippen LogP contribution in [0.3, 0.4) is 0 Å². The summed E-state index contributed by atoms with van der Waals surface area (Å²) in [7, 11) is 0. The summed E-state index contributed by atoms with van der Waals surface area (Å²) in [5.74, 6) is -0.195. The number of benzene rings is 2. The fraction of sp³-hybridized carbons (Fsp3) is 0.154. The molecular formula is C13H13ClO3. The number of rotatable bonds is 2. The molecule has 90 valence electrons. The van der Waals surface area contributed by atoms with Gasteiger partial charge in [-0.15, -0.1) is 12.4 Å². The van der Waals surface area contributed by atoms with Gasteiger partial charge in [0.2, 0.25) is 0 Å². The van der Waals surface area contributed by atoms with Crippen LogP contribution >= 0.6 is 12.4 Å². The predicted octanol–water partition coefficient (Wildman–Crippen LogP) is 2.55. The molecule has 0 aromatic heterocycles. The molecule has 0 saturated carbocycles. The molecule has 0 aliphatic heterocycles. The zero-order chi connectivity index (χ0) is 11.5. The van der Waals surface area contributed by atoms with Gasteiger partial charge in [0.25, 0.3) is 0 Å². The van der Waals surface area contributed by atoms with Crippen molar-refractivity contribution < 1.29 is 14.6 Å². The third kappa shape index (κ3) is 3.19. The molecule has 2 aromatic rings. The van der Waals surface area contributed by atoms with Crippen LogP contribution in [0.5, 0.6) is 5.75 Å². The zero-order valence-electron chi connectivity index (χ0n) is 9.29. The summed E-state index contributed by atoms with van der Waals surface area (Å²) < 4.78 is 4.99. The number of aliphatic hydroxyl groups excluding tert-OH is 1. The first kappa shape index (κ1) is 13.5. The fourth-order valence-corrected chi connectivity index (χ4v) is 1.43. The molecule has 0 aliphatic rings. The van der Waals surface area contributed by atoms with E-state index in [4.69, 9.17) is 9.84 Å². The van der Waals surface area contributed by atoms with Crippen LogP contribution < -0.4 is 4.74 Å². The summed E-state index contributed by atoms with van der Waals surface area (Å²) in [4.78, 5) is 11.2. The largest absolute Gasteiger partial charge is 0.425 e. The molecule has 4 heteroatoms. The van der Waals surface area contributed by atoms with Crippen molar-refractivity contribution in [2.75, 3.05) is 0 Å². The van der Waals surface area contributed by atoms with Gasteiger partial charge in [-0.1, -0.05) is 30.3 Å². The van der Waals surface area contributed by atoms with Gasteiger partial charge in [0.15, 0.2) is 0 Å². The van der Waals surface area contributed by atoms with Crippen LogP contribution in [0.1, 0.15) is 6.92 Å². The summed E-state index contributed by atoms with van der Waals surface area (Å²) in [5.41, 5.74) is 0. The average Bonchev–Trinajstić information content (AvgIpc) is 2.28. The molecule has 0 aliphatic carbocycles. The number of esters is 1. The van der Waals surface area contributed by atoms with Crippen molar-refractivity contribution >= 4 is 29.1 Å². The van der Waals surface area contributed by atoms with E-state index in [0.717, 1.165) is 10.8 Å². The molecule has 17 heavy (non-hydrogen) atoms. The SMILES string of the molecule is CC(O)C(=O)Oc1ccc2ccccc2c1.Cl. The lowest BCUT2D eigenvalue weighted by atomic mass is 10.1. The Bertz CT molecular complexity index is 523. The Balaban J connectivity index is 0.00000144. The molecule has 0 saturated heterocycles. The number of aliphatic hydroxyl groups is 1. The number of hydrogen-bond acceptors (Lipinski definition) is 3. The third-order valence-electron chi connectivity index (χ3n) is 2.28. The van der Waals surface area contributed by atoms with Crippen molar-refractivity contribution in [2.45, 2.75) is 13.0 Å². The molecule has 2 rings (SSSR count). The maximum Gasteiger partial charge on any atom is 0.340 e. The van der Waals surface area contributed by atoms with Gasteiger partial charge in [0.1, 0.15) is 11.9 Å². The van der Waals surface area contributed by atoms with Gasteiger partial charge in [-0.3, -0.25) is 0 Å². The van der Waals surface area contributed by atoms with E-state index in [2.05, 4.69) is 0 Å². The van der Waals surface area contributed by atoms with Gasteiger partial charge in [-0.2, -0.15) is 0 Å². The second-order valence-electron chi connectivity index (χ2n) is 3.61. The average molecular weight is 253 g/mol. The van der Waals surface area contributed by atoms with E-state index < -0.39 is 12.1 Å². The number of carbonyl (C=O) groups excluding carboxylic acids is 1. The molecule has 0 spiro atoms. The van der Waals surface area contributed by atoms with Gasteiger partial charge < -0.3 is 9.84 Å². The molecule has 0 amide bonds. The number of ether oxygens (including phenoxy) is 1. The molecule has 0 fully saturated rings. The molecule has 3 nitrogen and oxygen atoms in total. The van der Waals surface area contributed by atoms with Crippen LogP contribution in [-0.2, 0) is 4.79 Å². The van der Waals surface area contributed by atoms with Crippen molar-refractivity contribution in [1.29, 1.82) is 0 Å². The fourth-order valence-electron chi connectivity index (χ4n) is 1.43. The highest BCUT2D eigenvalue weighted by molar-refractivity contribution is 5.85. The van der Waals surface area contributed by atoms with Gasteiger partial charge in [0.05, 0.1) is 0 Å². The Kier molecular flexibility index (Phi) is 4.49. The molecule has 0 radical (unpaired) electrons. The van der Waals surface area contributed by atoms with Crippen molar-refractivity contribution in [2.24, 2.45) is 0 Å². The molecule has 1 atom stereocenters. The molecule has 1 N–H and O–H groups in total. The Hall–Kier alpha value is -1.58. The smallest absolute Gasteiger partial charge is 0.340 e. The first-order valence-electron chi connectivity index (χ1n) is 5.05. The van der Waals surface area contributed by atoms with Crippen molar-refractivity contribution in [3.63, 3.8) is 0 Å². The highest BCUT2D eigenvalue weighted by Gasteiger charge is 2.11. The summed E-state index contributed by atoms with van der Waals surface area (Å²) in [6.07, 6.45) is -1.11. The Morgan fingerprint density at radius 1 is 1.18 bits per heavy atom. The van der Waals surface area contributed by atoms with E-state index in [1.165, 1.54) is 6.92 Å². The van der Waals surface area contributed by atoms with Crippen LogP contribution in [-0.4, -0.2) is 17.2 Å². The Labute approximate surface area is 105 Å². The highest BCUT2D eigenvalue weighted by Crippen LogP contribution is 2.20. The van der Waals surface area contributed by atoms with Gasteiger partial charge in [0, 0.05) is 0 Å². The zero-order valence-corrected chi connectivity index (χ0v) is 10.1. The second-order valence-corrected chi connectivity index (χ2v) is 3.61. The first-order valence-corrected chi connectivity index (χ1v) is 5.05. The number of fused-ring (bicyclic) bond motifs is 1. The van der Waals surface area contributed by atoms with E-state index >= 15 is 0 Å². The van der Waals surface area contributed by atoms with E-state index in [9.17, 15) is 4.79 Å². The molecule has 0 heterocycles. The lowest BCUT2D eigenvalue weighted by Gasteiger charge is -2.06. The Morgan fingerprint density at radius 3 is 2.47 bits per heavy atom. The van der Waals surface area contributed by atoms with Crippen LogP contribution in [0, 0.1) is 0 Å². The lowest BCUT2D eigenvalue weighted by molar-refractivity contribution is -0.142. The van der Waals surface area contributed by atoms with Crippen LogP contribution in [0.4, 0.5) is 0 Å². The number of carbonyl (C=O) groups is 1. The normalized spacial score (nSPS) is 11.6. The minimum Gasteiger partial charge on any atom is -0.425 e. The molecule has 0 bridgehead atoms. The van der Waals surface area contributed by atoms with Crippen molar-refractivity contribution in [3.8, 4) is 5.75 Å². The molecule has 1 unspecified atom stereocenters. The van der Waals surface area contributed by atoms with E-state index in [1.54, 1.807) is 12.1 Å². The van der Waals surface area contributed by atoms with Crippen molar-refractivity contribution in [1.82, 2.24) is 0 Å². The third-order valence-corrected chi connectivity index (χ3v) is 2.28. The van der Waals surface area contributed by atoms with Crippen LogP contribution in [0.2, 0.25) is 0 Å². The topological polar surface area (TPSA) is 46.5 Å². The van der Waals surface area contributed by atoms with Crippen molar-refractivity contribution in [3.05, 3.63) is 42.5 Å². The van der Waals surface area contributed by atoms with Gasteiger partial charge in [-0.05, 0) is 29.8 Å². The van der Waals surface area contributed by atoms with Crippen LogP contribution in [0.15, 0.2) is 42.5 Å². The predicted molar refractivity (Wildman–Crippen MR) is 68.5 cm³/mol. The summed E-state index contributed by atoms with van der Waals surface area (Å²) >= 11 is 0. The minimum atomic E-state index is -1.11. The number of hydrogen-bond donors (Lipinski definition) is 1. The maximum absolute atomic E-state index is 11.2. The number of halogens is 1. The maximum atomic E-state index is 11.2. The summed E-state index contributed by atoms with van der Waals surface area (Å²) in [6.45, 7) is 1.38. The monoisotopic (exact) mass is 252 g/mol.